The molecule has 6 aromatic rings. The van der Waals surface area contributed by atoms with Crippen molar-refractivity contribution in [2.45, 2.75) is 104 Å². The van der Waals surface area contributed by atoms with Crippen LogP contribution in [-0.4, -0.2) is 20.6 Å². The molecule has 6 rings (SSSR count). The molecule has 51 heavy (non-hydrogen) atoms. The van der Waals surface area contributed by atoms with Crippen molar-refractivity contribution >= 4 is 48.0 Å². The fourth-order valence-electron chi connectivity index (χ4n) is 8.00. The zero-order valence-corrected chi connectivity index (χ0v) is 37.6. The molecule has 0 amide bonds. The topological polar surface area (TPSA) is 0 Å². The van der Waals surface area contributed by atoms with E-state index in [2.05, 4.69) is 204 Å². The normalized spacial score (nSPS) is 12.2. The smallest absolute Gasteiger partial charge is 1.00 e. The van der Waals surface area contributed by atoms with Gasteiger partial charge >= 0.3 is 21.7 Å². The van der Waals surface area contributed by atoms with Crippen LogP contribution in [0.4, 0.5) is 0 Å². The van der Waals surface area contributed by atoms with Crippen LogP contribution in [0.1, 0.15) is 83.1 Å². The Morgan fingerprint density at radius 1 is 0.392 bits per heavy atom. The molecule has 0 radical (unpaired) electrons. The van der Waals surface area contributed by atoms with Gasteiger partial charge in [-0.1, -0.05) is 183 Å². The molecule has 0 N–H and O–H groups in total. The van der Waals surface area contributed by atoms with Gasteiger partial charge in [-0.3, -0.25) is 0 Å². The van der Waals surface area contributed by atoms with Gasteiger partial charge in [0, 0.05) is 0 Å². The van der Waals surface area contributed by atoms with Crippen LogP contribution in [0.3, 0.4) is 0 Å². The summed E-state index contributed by atoms with van der Waals surface area (Å²) in [6, 6.07) is 44.6. The molecule has 0 aliphatic carbocycles. The summed E-state index contributed by atoms with van der Waals surface area (Å²) < 4.78 is 0. The third kappa shape index (κ3) is 10.7. The van der Waals surface area contributed by atoms with E-state index in [-0.39, 0.29) is 62.4 Å². The fraction of sp³-hybridized carbons (Fsp3) is 0.348. The van der Waals surface area contributed by atoms with Crippen molar-refractivity contribution in [1.29, 1.82) is 0 Å². The Kier molecular flexibility index (Phi) is 15.7. The minimum atomic E-state index is -0.266. The molecule has 0 saturated carbocycles. The maximum atomic E-state index is 2.46. The minimum absolute atomic E-state index is 0. The van der Waals surface area contributed by atoms with Gasteiger partial charge in [-0.25, -0.2) is 0 Å². The van der Waals surface area contributed by atoms with Crippen molar-refractivity contribution in [1.82, 2.24) is 0 Å². The largest absolute Gasteiger partial charge is 4.00 e. The van der Waals surface area contributed by atoms with Crippen molar-refractivity contribution in [2.24, 2.45) is 0 Å². The van der Waals surface area contributed by atoms with E-state index in [4.69, 9.17) is 0 Å². The molecule has 268 valence electrons. The quantitative estimate of drug-likeness (QED) is 0.0971. The second kappa shape index (κ2) is 17.6. The molecule has 0 nitrogen and oxygen atoms in total. The third-order valence-corrected chi connectivity index (χ3v) is 15.8. The summed E-state index contributed by atoms with van der Waals surface area (Å²) in [5, 5.41) is 9.76. The number of halogens is 2. The average molecular weight is 790 g/mol. The molecule has 0 bridgehead atoms. The van der Waals surface area contributed by atoms with Crippen LogP contribution in [0.5, 0.6) is 0 Å². The molecule has 6 aromatic carbocycles. The number of rotatable bonds is 4. The Bertz CT molecular complexity index is 1790. The maximum Gasteiger partial charge on any atom is 4.00 e. The standard InChI is InChI=1S/2C23H28P.2ClH.Ti/c2*1-22(2,3)24(23(4,5)6)19-15-18-13-10-14-20(21(18)16-19)17-11-8-7-9-12-17;;;/h2*7-16H,1-6H3;2*1H;/q2*-1;;;+4/p-2. The first kappa shape index (κ1) is 45.4. The van der Waals surface area contributed by atoms with Crippen molar-refractivity contribution in [3.63, 3.8) is 0 Å². The van der Waals surface area contributed by atoms with Gasteiger partial charge in [-0.15, -0.1) is 68.6 Å². The first-order chi connectivity index (χ1) is 22.4. The molecule has 0 aliphatic rings. The Labute approximate surface area is 339 Å². The van der Waals surface area contributed by atoms with Gasteiger partial charge in [-0.05, 0) is 31.8 Å². The van der Waals surface area contributed by atoms with Crippen molar-refractivity contribution in [3.8, 4) is 22.3 Å². The Morgan fingerprint density at radius 2 is 0.686 bits per heavy atom. The molecule has 0 spiro atoms. The second-order valence-corrected chi connectivity index (χ2v) is 24.9. The molecular weight excluding hydrogens is 733 g/mol. The molecule has 0 heterocycles. The molecule has 0 aromatic heterocycles. The summed E-state index contributed by atoms with van der Waals surface area (Å²) in [7, 11) is -0.532. The summed E-state index contributed by atoms with van der Waals surface area (Å²) in [4.78, 5) is 0. The van der Waals surface area contributed by atoms with E-state index in [0.29, 0.717) is 20.6 Å². The first-order valence-corrected chi connectivity index (χ1v) is 20.1. The van der Waals surface area contributed by atoms with Gasteiger partial charge in [0.15, 0.2) is 0 Å². The zero-order chi connectivity index (χ0) is 35.1. The van der Waals surface area contributed by atoms with Crippen LogP contribution < -0.4 is 35.4 Å². The molecule has 0 aliphatic heterocycles. The Balaban J connectivity index is 0.000000334. The van der Waals surface area contributed by atoms with Crippen LogP contribution in [0.25, 0.3) is 43.8 Å². The van der Waals surface area contributed by atoms with Crippen LogP contribution in [0, 0.1) is 0 Å². The minimum Gasteiger partial charge on any atom is -1.00 e. The predicted octanol–water partition coefficient (Wildman–Crippen LogP) is 7.87. The van der Waals surface area contributed by atoms with Gasteiger partial charge < -0.3 is 24.8 Å². The van der Waals surface area contributed by atoms with Crippen LogP contribution in [-0.2, 0) is 21.7 Å². The first-order valence-electron chi connectivity index (χ1n) is 17.5. The van der Waals surface area contributed by atoms with Gasteiger partial charge in [0.05, 0.1) is 0 Å². The van der Waals surface area contributed by atoms with Crippen molar-refractivity contribution in [3.05, 3.63) is 121 Å². The van der Waals surface area contributed by atoms with Crippen LogP contribution in [0.2, 0.25) is 0 Å². The molecule has 0 unspecified atom stereocenters. The molecule has 0 fully saturated rings. The Hall–Kier alpha value is -1.75. The van der Waals surface area contributed by atoms with Crippen molar-refractivity contribution < 1.29 is 46.5 Å². The molecule has 0 saturated heterocycles. The van der Waals surface area contributed by atoms with Crippen LogP contribution >= 0.6 is 15.8 Å². The number of benzene rings is 4. The molecule has 0 atom stereocenters. The summed E-state index contributed by atoms with van der Waals surface area (Å²) in [5.41, 5.74) is 5.29. The van der Waals surface area contributed by atoms with Crippen molar-refractivity contribution in [2.75, 3.05) is 0 Å². The van der Waals surface area contributed by atoms with Gasteiger partial charge in [0.1, 0.15) is 0 Å². The van der Waals surface area contributed by atoms with E-state index in [1.54, 1.807) is 0 Å². The van der Waals surface area contributed by atoms with Gasteiger partial charge in [-0.2, -0.15) is 12.1 Å². The number of hydrogen-bond acceptors (Lipinski definition) is 0. The van der Waals surface area contributed by atoms with E-state index < -0.39 is 0 Å². The number of hydrogen-bond donors (Lipinski definition) is 0. The van der Waals surface area contributed by atoms with E-state index in [1.807, 2.05) is 0 Å². The average Bonchev–Trinajstić information content (AvgIpc) is 3.59. The Morgan fingerprint density at radius 3 is 0.961 bits per heavy atom. The summed E-state index contributed by atoms with van der Waals surface area (Å²) in [5.74, 6) is 0. The second-order valence-electron chi connectivity index (χ2n) is 17.1. The van der Waals surface area contributed by atoms with Gasteiger partial charge in [0.25, 0.3) is 0 Å². The summed E-state index contributed by atoms with van der Waals surface area (Å²) >= 11 is 0. The van der Waals surface area contributed by atoms with E-state index in [9.17, 15) is 0 Å². The van der Waals surface area contributed by atoms with E-state index >= 15 is 0 Å². The van der Waals surface area contributed by atoms with Gasteiger partial charge in [0.2, 0.25) is 0 Å². The van der Waals surface area contributed by atoms with E-state index in [1.165, 1.54) is 54.4 Å². The zero-order valence-electron chi connectivity index (χ0n) is 32.7. The predicted molar refractivity (Wildman–Crippen MR) is 222 cm³/mol. The SMILES string of the molecule is CC(C)(C)P(c1cc2c(-c3ccccc3)cccc2[cH-]1)C(C)(C)C.CC(C)(C)P(c1cc2c(-c3ccccc3)cccc2[cH-]1)C(C)(C)C.[Cl-].[Cl-].[Ti+4]. The summed E-state index contributed by atoms with van der Waals surface area (Å²) in [6.07, 6.45) is 0. The van der Waals surface area contributed by atoms with Crippen LogP contribution in [0.15, 0.2) is 121 Å². The molecule has 5 heteroatoms. The third-order valence-electron chi connectivity index (χ3n) is 8.84. The fourth-order valence-corrected chi connectivity index (χ4v) is 16.2. The number of fused-ring (bicyclic) bond motifs is 2. The maximum absolute atomic E-state index is 2.46. The molecular formula is C46H56Cl2P2Ti. The van der Waals surface area contributed by atoms with E-state index in [0.717, 1.165) is 0 Å². The monoisotopic (exact) mass is 788 g/mol. The summed E-state index contributed by atoms with van der Waals surface area (Å²) in [6.45, 7) is 28.7.